The van der Waals surface area contributed by atoms with Gasteiger partial charge in [0.15, 0.2) is 0 Å². The summed E-state index contributed by atoms with van der Waals surface area (Å²) < 4.78 is 24.2. The van der Waals surface area contributed by atoms with Gasteiger partial charge in [-0.15, -0.1) is 0 Å². The van der Waals surface area contributed by atoms with Crippen LogP contribution in [0.3, 0.4) is 0 Å². The van der Waals surface area contributed by atoms with Crippen LogP contribution in [-0.2, 0) is 10.0 Å². The second-order valence-electron chi connectivity index (χ2n) is 7.06. The molecule has 2 rings (SSSR count). The number of hydrogen-bond donors (Lipinski definition) is 1. The van der Waals surface area contributed by atoms with E-state index in [1.54, 1.807) is 12.1 Å². The minimum absolute atomic E-state index is 0.0648. The average molecular weight is 383 g/mol. The highest BCUT2D eigenvalue weighted by Gasteiger charge is 2.31. The van der Waals surface area contributed by atoms with E-state index in [1.165, 1.54) is 76.5 Å². The average Bonchev–Trinajstić information content (AvgIpc) is 2.83. The van der Waals surface area contributed by atoms with Gasteiger partial charge in [0.2, 0.25) is 0 Å². The lowest BCUT2D eigenvalue weighted by atomic mass is 10.1. The summed E-state index contributed by atoms with van der Waals surface area (Å²) in [6, 6.07) is 6.09. The molecule has 1 aliphatic rings. The second-order valence-corrected chi connectivity index (χ2v) is 8.71. The fourth-order valence-corrected chi connectivity index (χ4v) is 4.03. The van der Waals surface area contributed by atoms with Gasteiger partial charge in [-0.2, -0.15) is 0 Å². The zero-order chi connectivity index (χ0) is 19.4. The molecule has 0 bridgehead atoms. The van der Waals surface area contributed by atoms with E-state index in [4.69, 9.17) is 0 Å². The predicted octanol–water partition coefficient (Wildman–Crippen LogP) is 4.20. The van der Waals surface area contributed by atoms with Crippen molar-refractivity contribution in [2.24, 2.45) is 0 Å². The predicted molar refractivity (Wildman–Crippen MR) is 107 cm³/mol. The summed E-state index contributed by atoms with van der Waals surface area (Å²) in [5, 5.41) is 0. The molecule has 0 atom stereocenters. The maximum atomic E-state index is 11.1. The topological polar surface area (TPSA) is 66.5 Å². The van der Waals surface area contributed by atoms with Crippen LogP contribution in [0.4, 0.5) is 0 Å². The maximum Gasteiger partial charge on any atom is 0.266 e. The number of fused-ring (bicyclic) bond motifs is 1. The van der Waals surface area contributed by atoms with Crippen LogP contribution < -0.4 is 4.72 Å². The Bertz CT molecular complexity index is 642. The molecular formula is C20H34N2O3S. The molecule has 0 aromatic heterocycles. The van der Waals surface area contributed by atoms with E-state index in [-0.39, 0.29) is 10.5 Å². The van der Waals surface area contributed by atoms with Crippen molar-refractivity contribution in [1.82, 2.24) is 9.62 Å². The third-order valence-electron chi connectivity index (χ3n) is 4.36. The van der Waals surface area contributed by atoms with E-state index in [1.807, 2.05) is 4.72 Å². The fraction of sp³-hybridized carbons (Fsp3) is 0.650. The minimum atomic E-state index is -3.55. The third-order valence-corrected chi connectivity index (χ3v) is 5.75. The molecule has 26 heavy (non-hydrogen) atoms. The summed E-state index contributed by atoms with van der Waals surface area (Å²) in [4.78, 5) is 13.3. The Labute approximate surface area is 159 Å². The molecule has 1 amide bonds. The van der Waals surface area contributed by atoms with Crippen LogP contribution >= 0.6 is 0 Å². The molecule has 1 aliphatic heterocycles. The number of unbranched alkanes of at least 4 members (excludes halogenated alkanes) is 8. The fourth-order valence-electron chi connectivity index (χ4n) is 2.86. The van der Waals surface area contributed by atoms with Gasteiger partial charge in [0.25, 0.3) is 15.9 Å². The highest BCUT2D eigenvalue weighted by Crippen LogP contribution is 2.20. The smallest absolute Gasteiger partial charge is 0.266 e. The van der Waals surface area contributed by atoms with Gasteiger partial charge in [-0.3, -0.25) is 4.79 Å². The molecule has 1 heterocycles. The lowest BCUT2D eigenvalue weighted by molar-refractivity contribution is 0.0985. The first-order chi connectivity index (χ1) is 12.4. The Hall–Kier alpha value is -1.40. The molecule has 0 saturated carbocycles. The summed E-state index contributed by atoms with van der Waals surface area (Å²) in [5.41, 5.74) is 0.220. The van der Waals surface area contributed by atoms with Crippen molar-refractivity contribution in [3.63, 3.8) is 0 Å². The van der Waals surface area contributed by atoms with Crippen molar-refractivity contribution in [1.29, 1.82) is 0 Å². The molecule has 0 spiro atoms. The number of hydrogen-bond acceptors (Lipinski definition) is 4. The Morgan fingerprint density at radius 3 is 1.96 bits per heavy atom. The van der Waals surface area contributed by atoms with Gasteiger partial charge in [0, 0.05) is 0 Å². The van der Waals surface area contributed by atoms with Crippen molar-refractivity contribution in [3.05, 3.63) is 29.8 Å². The zero-order valence-electron chi connectivity index (χ0n) is 16.5. The van der Waals surface area contributed by atoms with Gasteiger partial charge in [-0.25, -0.2) is 13.1 Å². The molecule has 6 heteroatoms. The van der Waals surface area contributed by atoms with Crippen molar-refractivity contribution in [2.75, 3.05) is 20.6 Å². The molecule has 5 nitrogen and oxygen atoms in total. The molecule has 1 aromatic rings. The van der Waals surface area contributed by atoms with Gasteiger partial charge in [0.1, 0.15) is 4.90 Å². The number of rotatable bonds is 10. The summed E-state index contributed by atoms with van der Waals surface area (Å²) in [7, 11) is 0.761. The number of carbonyl (C=O) groups excluding carboxylic acids is 1. The van der Waals surface area contributed by atoms with Gasteiger partial charge < -0.3 is 4.90 Å². The standard InChI is InChI=1S/C13H29N.C7H5NO3S/c1-4-5-6-7-8-9-10-11-12-13-14(2)3;9-7-5-3-1-2-4-6(5)12(10,11)8-7/h4-13H2,1-3H3;1-4H,(H,8,9). The van der Waals surface area contributed by atoms with Crippen molar-refractivity contribution >= 4 is 15.9 Å². The molecule has 0 fully saturated rings. The zero-order valence-corrected chi connectivity index (χ0v) is 17.3. The normalized spacial score (nSPS) is 14.5. The molecule has 0 aliphatic carbocycles. The number of nitrogens with one attached hydrogen (secondary N) is 1. The first kappa shape index (κ1) is 22.6. The van der Waals surface area contributed by atoms with Crippen LogP contribution in [-0.4, -0.2) is 39.9 Å². The Morgan fingerprint density at radius 2 is 1.42 bits per heavy atom. The van der Waals surface area contributed by atoms with Gasteiger partial charge in [-0.1, -0.05) is 70.4 Å². The summed E-state index contributed by atoms with van der Waals surface area (Å²) in [5.74, 6) is -0.550. The van der Waals surface area contributed by atoms with Crippen LogP contribution in [0.15, 0.2) is 29.2 Å². The number of benzene rings is 1. The molecule has 0 radical (unpaired) electrons. The molecule has 1 aromatic carbocycles. The summed E-state index contributed by atoms with van der Waals surface area (Å²) in [6.07, 6.45) is 12.9. The lowest BCUT2D eigenvalue weighted by Gasteiger charge is -2.08. The maximum absolute atomic E-state index is 11.1. The van der Waals surface area contributed by atoms with Crippen molar-refractivity contribution in [3.8, 4) is 0 Å². The van der Waals surface area contributed by atoms with E-state index in [0.29, 0.717) is 0 Å². The van der Waals surface area contributed by atoms with E-state index >= 15 is 0 Å². The monoisotopic (exact) mass is 382 g/mol. The highest BCUT2D eigenvalue weighted by molar-refractivity contribution is 7.90. The third kappa shape index (κ3) is 8.32. The first-order valence-electron chi connectivity index (χ1n) is 9.69. The van der Waals surface area contributed by atoms with E-state index < -0.39 is 15.9 Å². The summed E-state index contributed by atoms with van der Waals surface area (Å²) >= 11 is 0. The molecule has 148 valence electrons. The van der Waals surface area contributed by atoms with E-state index in [2.05, 4.69) is 25.9 Å². The number of carbonyl (C=O) groups is 1. The van der Waals surface area contributed by atoms with Crippen LogP contribution in [0.1, 0.15) is 75.1 Å². The molecule has 0 unspecified atom stereocenters. The van der Waals surface area contributed by atoms with E-state index in [9.17, 15) is 13.2 Å². The Morgan fingerprint density at radius 1 is 0.885 bits per heavy atom. The lowest BCUT2D eigenvalue weighted by Crippen LogP contribution is -2.20. The van der Waals surface area contributed by atoms with E-state index in [0.717, 1.165) is 0 Å². The molecule has 0 saturated heterocycles. The largest absolute Gasteiger partial charge is 0.309 e. The molecule has 1 N–H and O–H groups in total. The van der Waals surface area contributed by atoms with Gasteiger partial charge in [-0.05, 0) is 39.2 Å². The van der Waals surface area contributed by atoms with Crippen LogP contribution in [0, 0.1) is 0 Å². The van der Waals surface area contributed by atoms with Crippen molar-refractivity contribution in [2.45, 2.75) is 69.6 Å². The van der Waals surface area contributed by atoms with Crippen LogP contribution in [0.25, 0.3) is 0 Å². The Kier molecular flexibility index (Phi) is 10.5. The highest BCUT2D eigenvalue weighted by atomic mass is 32.2. The quantitative estimate of drug-likeness (QED) is 0.616. The number of amides is 1. The minimum Gasteiger partial charge on any atom is -0.309 e. The first-order valence-corrected chi connectivity index (χ1v) is 11.2. The SMILES string of the molecule is CCCCCCCCCCCN(C)C.O=C1NS(=O)(=O)c2ccccc21. The molecular weight excluding hydrogens is 348 g/mol. The van der Waals surface area contributed by atoms with Gasteiger partial charge in [0.05, 0.1) is 5.56 Å². The van der Waals surface area contributed by atoms with Crippen molar-refractivity contribution < 1.29 is 13.2 Å². The number of nitrogens with zero attached hydrogens (tertiary/aromatic N) is 1. The van der Waals surface area contributed by atoms with Gasteiger partial charge >= 0.3 is 0 Å². The second kappa shape index (κ2) is 12.1. The van der Waals surface area contributed by atoms with Crippen LogP contribution in [0.2, 0.25) is 0 Å². The summed E-state index contributed by atoms with van der Waals surface area (Å²) in [6.45, 7) is 3.54. The van der Waals surface area contributed by atoms with Crippen LogP contribution in [0.5, 0.6) is 0 Å². The number of sulfonamides is 1. The Balaban J connectivity index is 0.000000262.